The zero-order valence-corrected chi connectivity index (χ0v) is 9.36. The van der Waals surface area contributed by atoms with E-state index in [0.717, 1.165) is 21.8 Å². The van der Waals surface area contributed by atoms with Gasteiger partial charge < -0.3 is 4.98 Å². The van der Waals surface area contributed by atoms with Crippen LogP contribution in [-0.4, -0.2) is 9.91 Å². The summed E-state index contributed by atoms with van der Waals surface area (Å²) in [5.74, 6) is 0. The fourth-order valence-electron chi connectivity index (χ4n) is 2.00. The van der Waals surface area contributed by atoms with E-state index in [1.54, 1.807) is 6.07 Å². The second-order valence-electron chi connectivity index (χ2n) is 3.78. The molecule has 0 saturated carbocycles. The number of nitro benzene ring substituents is 1. The first-order valence-corrected chi connectivity index (χ1v) is 5.39. The van der Waals surface area contributed by atoms with Gasteiger partial charge in [0.25, 0.3) is 5.69 Å². The smallest absolute Gasteiger partial charge is 0.271 e. The van der Waals surface area contributed by atoms with Gasteiger partial charge in [-0.05, 0) is 6.07 Å². The highest BCUT2D eigenvalue weighted by Gasteiger charge is 2.13. The van der Waals surface area contributed by atoms with Crippen molar-refractivity contribution in [3.8, 4) is 0 Å². The van der Waals surface area contributed by atoms with Gasteiger partial charge in [0.1, 0.15) is 0 Å². The van der Waals surface area contributed by atoms with Gasteiger partial charge >= 0.3 is 0 Å². The third-order valence-corrected chi connectivity index (χ3v) is 3.06. The first-order valence-electron chi connectivity index (χ1n) is 5.01. The highest BCUT2D eigenvalue weighted by Crippen LogP contribution is 2.33. The Labute approximate surface area is 101 Å². The molecule has 0 amide bonds. The molecule has 0 unspecified atom stereocenters. The molecule has 3 aromatic rings. The summed E-state index contributed by atoms with van der Waals surface area (Å²) in [6.07, 6.45) is 0. The first-order chi connectivity index (χ1) is 8.16. The number of non-ortho nitro benzene ring substituents is 1. The second-order valence-corrected chi connectivity index (χ2v) is 4.19. The number of halogens is 1. The SMILES string of the molecule is O=[N+]([O-])c1cc(Cl)c2[nH]c3ccccc3c2c1. The van der Waals surface area contributed by atoms with E-state index >= 15 is 0 Å². The number of H-pyrrole nitrogens is 1. The Morgan fingerprint density at radius 3 is 2.71 bits per heavy atom. The highest BCUT2D eigenvalue weighted by molar-refractivity contribution is 6.36. The van der Waals surface area contributed by atoms with Crippen LogP contribution in [-0.2, 0) is 0 Å². The molecule has 4 nitrogen and oxygen atoms in total. The van der Waals surface area contributed by atoms with Crippen molar-refractivity contribution in [2.24, 2.45) is 0 Å². The number of nitro groups is 1. The number of benzene rings is 2. The Morgan fingerprint density at radius 2 is 1.94 bits per heavy atom. The van der Waals surface area contributed by atoms with Crippen LogP contribution in [0.1, 0.15) is 0 Å². The van der Waals surface area contributed by atoms with Crippen molar-refractivity contribution >= 4 is 39.1 Å². The molecule has 1 heterocycles. The van der Waals surface area contributed by atoms with Gasteiger partial charge in [0, 0.05) is 28.4 Å². The van der Waals surface area contributed by atoms with Gasteiger partial charge in [-0.15, -0.1) is 0 Å². The molecule has 5 heteroatoms. The van der Waals surface area contributed by atoms with Crippen molar-refractivity contribution in [3.05, 3.63) is 51.5 Å². The Bertz CT molecular complexity index is 749. The highest BCUT2D eigenvalue weighted by atomic mass is 35.5. The Morgan fingerprint density at radius 1 is 1.18 bits per heavy atom. The van der Waals surface area contributed by atoms with Crippen molar-refractivity contribution in [1.29, 1.82) is 0 Å². The van der Waals surface area contributed by atoms with E-state index in [-0.39, 0.29) is 5.69 Å². The zero-order valence-electron chi connectivity index (χ0n) is 8.61. The quantitative estimate of drug-likeness (QED) is 0.523. The summed E-state index contributed by atoms with van der Waals surface area (Å²) in [4.78, 5) is 13.5. The monoisotopic (exact) mass is 246 g/mol. The normalized spacial score (nSPS) is 11.1. The van der Waals surface area contributed by atoms with Crippen LogP contribution in [0, 0.1) is 10.1 Å². The number of hydrogen-bond donors (Lipinski definition) is 1. The predicted molar refractivity (Wildman–Crippen MR) is 67.5 cm³/mol. The number of aromatic amines is 1. The lowest BCUT2D eigenvalue weighted by Gasteiger charge is -1.95. The maximum atomic E-state index is 10.8. The minimum absolute atomic E-state index is 0.00672. The third-order valence-electron chi connectivity index (χ3n) is 2.76. The van der Waals surface area contributed by atoms with Crippen LogP contribution in [0.3, 0.4) is 0 Å². The van der Waals surface area contributed by atoms with Gasteiger partial charge in [0.05, 0.1) is 15.5 Å². The number of nitrogens with zero attached hydrogens (tertiary/aromatic N) is 1. The summed E-state index contributed by atoms with van der Waals surface area (Å²) >= 11 is 6.04. The van der Waals surface area contributed by atoms with Crippen molar-refractivity contribution in [3.63, 3.8) is 0 Å². The molecule has 0 atom stereocenters. The molecular formula is C12H7ClN2O2. The minimum Gasteiger partial charge on any atom is -0.353 e. The first kappa shape index (κ1) is 10.1. The number of aromatic nitrogens is 1. The van der Waals surface area contributed by atoms with E-state index in [2.05, 4.69) is 4.98 Å². The lowest BCUT2D eigenvalue weighted by atomic mass is 10.1. The van der Waals surface area contributed by atoms with Crippen LogP contribution in [0.4, 0.5) is 5.69 Å². The minimum atomic E-state index is -0.437. The number of rotatable bonds is 1. The number of nitrogens with one attached hydrogen (secondary N) is 1. The summed E-state index contributed by atoms with van der Waals surface area (Å²) < 4.78 is 0. The summed E-state index contributed by atoms with van der Waals surface area (Å²) in [5, 5.41) is 12.9. The molecule has 0 bridgehead atoms. The molecule has 1 aromatic heterocycles. The summed E-state index contributed by atoms with van der Waals surface area (Å²) in [7, 11) is 0. The molecule has 2 aromatic carbocycles. The van der Waals surface area contributed by atoms with E-state index < -0.39 is 4.92 Å². The maximum absolute atomic E-state index is 10.8. The molecule has 0 fully saturated rings. The van der Waals surface area contributed by atoms with Gasteiger partial charge in [0.15, 0.2) is 0 Å². The fourth-order valence-corrected chi connectivity index (χ4v) is 2.26. The van der Waals surface area contributed by atoms with Crippen LogP contribution in [0.2, 0.25) is 5.02 Å². The number of fused-ring (bicyclic) bond motifs is 3. The summed E-state index contributed by atoms with van der Waals surface area (Å²) in [6, 6.07) is 10.5. The molecule has 0 aliphatic rings. The molecule has 0 saturated heterocycles. The lowest BCUT2D eigenvalue weighted by Crippen LogP contribution is -1.87. The zero-order chi connectivity index (χ0) is 12.0. The second kappa shape index (κ2) is 3.46. The average molecular weight is 247 g/mol. The maximum Gasteiger partial charge on any atom is 0.271 e. The Kier molecular flexibility index (Phi) is 2.06. The van der Waals surface area contributed by atoms with Crippen molar-refractivity contribution < 1.29 is 4.92 Å². The number of hydrogen-bond acceptors (Lipinski definition) is 2. The van der Waals surface area contributed by atoms with E-state index in [0.29, 0.717) is 5.02 Å². The van der Waals surface area contributed by atoms with Crippen LogP contribution >= 0.6 is 11.6 Å². The molecule has 0 radical (unpaired) electrons. The predicted octanol–water partition coefficient (Wildman–Crippen LogP) is 3.88. The third kappa shape index (κ3) is 1.45. The van der Waals surface area contributed by atoms with E-state index in [9.17, 15) is 10.1 Å². The summed E-state index contributed by atoms with van der Waals surface area (Å²) in [6.45, 7) is 0. The van der Waals surface area contributed by atoms with Crippen molar-refractivity contribution in [2.45, 2.75) is 0 Å². The molecule has 0 aliphatic carbocycles. The molecule has 84 valence electrons. The average Bonchev–Trinajstić information content (AvgIpc) is 2.68. The van der Waals surface area contributed by atoms with Crippen molar-refractivity contribution in [2.75, 3.05) is 0 Å². The molecule has 17 heavy (non-hydrogen) atoms. The van der Waals surface area contributed by atoms with E-state index in [4.69, 9.17) is 11.6 Å². The van der Waals surface area contributed by atoms with Crippen LogP contribution in [0.5, 0.6) is 0 Å². The van der Waals surface area contributed by atoms with Gasteiger partial charge in [0.2, 0.25) is 0 Å². The van der Waals surface area contributed by atoms with Gasteiger partial charge in [-0.1, -0.05) is 29.8 Å². The summed E-state index contributed by atoms with van der Waals surface area (Å²) in [5.41, 5.74) is 1.66. The molecule has 0 aliphatic heterocycles. The molecule has 1 N–H and O–H groups in total. The largest absolute Gasteiger partial charge is 0.353 e. The molecule has 3 rings (SSSR count). The lowest BCUT2D eigenvalue weighted by molar-refractivity contribution is -0.384. The van der Waals surface area contributed by atoms with E-state index in [1.165, 1.54) is 6.07 Å². The van der Waals surface area contributed by atoms with Crippen LogP contribution in [0.15, 0.2) is 36.4 Å². The van der Waals surface area contributed by atoms with Crippen LogP contribution < -0.4 is 0 Å². The van der Waals surface area contributed by atoms with Gasteiger partial charge in [-0.2, -0.15) is 0 Å². The number of para-hydroxylation sites is 1. The van der Waals surface area contributed by atoms with E-state index in [1.807, 2.05) is 24.3 Å². The Balaban J connectivity index is 2.50. The van der Waals surface area contributed by atoms with Crippen molar-refractivity contribution in [1.82, 2.24) is 4.98 Å². The Hall–Kier alpha value is -2.07. The standard InChI is InChI=1S/C12H7ClN2O2/c13-10-6-7(15(16)17)5-9-8-3-1-2-4-11(8)14-12(9)10/h1-6,14H. The van der Waals surface area contributed by atoms with Crippen LogP contribution in [0.25, 0.3) is 21.8 Å². The van der Waals surface area contributed by atoms with Gasteiger partial charge in [-0.3, -0.25) is 10.1 Å². The fraction of sp³-hybridized carbons (Fsp3) is 0. The topological polar surface area (TPSA) is 58.9 Å². The molecule has 0 spiro atoms. The van der Waals surface area contributed by atoms with Gasteiger partial charge in [-0.25, -0.2) is 0 Å². The molecular weight excluding hydrogens is 240 g/mol.